The molecule has 0 saturated heterocycles. The van der Waals surface area contributed by atoms with Crippen molar-refractivity contribution in [2.45, 2.75) is 38.3 Å². The molecule has 132 valence electrons. The number of Topliss-reactive ketones (excluding diaryl/α,β-unsaturated/α-hetero) is 1. The Bertz CT molecular complexity index is 544. The van der Waals surface area contributed by atoms with E-state index in [1.165, 1.54) is 0 Å². The van der Waals surface area contributed by atoms with Crippen LogP contribution in [0, 0.1) is 5.92 Å². The molecule has 1 aromatic rings. The maximum atomic E-state index is 12.6. The highest BCUT2D eigenvalue weighted by atomic mass is 16.5. The van der Waals surface area contributed by atoms with Crippen molar-refractivity contribution in [2.75, 3.05) is 6.54 Å². The summed E-state index contributed by atoms with van der Waals surface area (Å²) in [7, 11) is 0. The van der Waals surface area contributed by atoms with Gasteiger partial charge in [0.1, 0.15) is 0 Å². The number of nitrogens with two attached hydrogens (primary N) is 3. The Kier molecular flexibility index (Phi) is 8.49. The van der Waals surface area contributed by atoms with Gasteiger partial charge in [0.15, 0.2) is 17.8 Å². The molecule has 24 heavy (non-hydrogen) atoms. The number of hydrogen-bond acceptors (Lipinski definition) is 5. The third-order valence-corrected chi connectivity index (χ3v) is 3.73. The molecule has 0 heterocycles. The summed E-state index contributed by atoms with van der Waals surface area (Å²) < 4.78 is 4.97. The lowest BCUT2D eigenvalue weighted by molar-refractivity contribution is -0.145. The summed E-state index contributed by atoms with van der Waals surface area (Å²) >= 11 is 0. The highest BCUT2D eigenvalue weighted by Crippen LogP contribution is 2.22. The van der Waals surface area contributed by atoms with E-state index in [2.05, 4.69) is 4.99 Å². The minimum atomic E-state index is -0.996. The molecular formula is C17H26N4O3. The number of benzene rings is 1. The molecule has 0 amide bonds. The second kappa shape index (κ2) is 10.4. The van der Waals surface area contributed by atoms with Gasteiger partial charge in [0, 0.05) is 12.1 Å². The third kappa shape index (κ3) is 6.37. The van der Waals surface area contributed by atoms with Gasteiger partial charge in [0.05, 0.1) is 6.04 Å². The Morgan fingerprint density at radius 1 is 1.29 bits per heavy atom. The molecule has 0 bridgehead atoms. The molecule has 0 aliphatic carbocycles. The molecule has 0 fully saturated rings. The van der Waals surface area contributed by atoms with E-state index in [0.29, 0.717) is 18.5 Å². The zero-order valence-electron chi connectivity index (χ0n) is 13.9. The molecule has 0 spiro atoms. The van der Waals surface area contributed by atoms with Crippen LogP contribution in [-0.2, 0) is 14.3 Å². The number of aliphatic imine (C=N–C) groups is 1. The van der Waals surface area contributed by atoms with E-state index >= 15 is 0 Å². The first-order valence-corrected chi connectivity index (χ1v) is 7.98. The second-order valence-corrected chi connectivity index (χ2v) is 5.69. The topological polar surface area (TPSA) is 134 Å². The number of carbonyl (C=O) groups excluding carboxylic acids is 2. The summed E-state index contributed by atoms with van der Waals surface area (Å²) in [4.78, 5) is 27.4. The Balaban J connectivity index is 2.81. The van der Waals surface area contributed by atoms with Crippen molar-refractivity contribution in [1.82, 2.24) is 0 Å². The molecule has 7 heteroatoms. The fraction of sp³-hybridized carbons (Fsp3) is 0.471. The maximum absolute atomic E-state index is 12.6. The molecule has 0 saturated carbocycles. The number of carbonyl (C=O) groups is 2. The number of hydrogen-bond donors (Lipinski definition) is 3. The average molecular weight is 334 g/mol. The molecule has 0 radical (unpaired) electrons. The predicted molar refractivity (Wildman–Crippen MR) is 93.0 cm³/mol. The number of nitrogens with zero attached hydrogens (tertiary/aromatic N) is 1. The summed E-state index contributed by atoms with van der Waals surface area (Å²) in [5, 5.41) is 0. The lowest BCUT2D eigenvalue weighted by atomic mass is 9.90. The number of ketones is 1. The van der Waals surface area contributed by atoms with E-state index in [1.807, 2.05) is 13.0 Å². The smallest absolute Gasteiger partial charge is 0.294 e. The van der Waals surface area contributed by atoms with Crippen LogP contribution in [0.5, 0.6) is 0 Å². The summed E-state index contributed by atoms with van der Waals surface area (Å²) in [6, 6.07) is 8.05. The summed E-state index contributed by atoms with van der Waals surface area (Å²) in [6.07, 6.45) is 1.21. The van der Waals surface area contributed by atoms with E-state index in [4.69, 9.17) is 21.9 Å². The van der Waals surface area contributed by atoms with Crippen LogP contribution in [0.25, 0.3) is 0 Å². The quantitative estimate of drug-likeness (QED) is 0.312. The zero-order chi connectivity index (χ0) is 17.9. The Morgan fingerprint density at radius 3 is 2.50 bits per heavy atom. The molecule has 2 unspecified atom stereocenters. The van der Waals surface area contributed by atoms with Crippen molar-refractivity contribution in [3.63, 3.8) is 0 Å². The zero-order valence-corrected chi connectivity index (χ0v) is 13.9. The molecule has 0 aromatic heterocycles. The van der Waals surface area contributed by atoms with E-state index in [0.717, 1.165) is 12.8 Å². The molecule has 1 rings (SSSR count). The second-order valence-electron chi connectivity index (χ2n) is 5.69. The monoisotopic (exact) mass is 334 g/mol. The molecule has 1 aromatic carbocycles. The van der Waals surface area contributed by atoms with Gasteiger partial charge >= 0.3 is 0 Å². The first kappa shape index (κ1) is 19.6. The standard InChI is InChI=1S/C17H26N4O3/c1-2-6-12(10-21-17(19)20)9-14(18)15(23)16(24-11-22)13-7-4-3-5-8-13/h3-5,7-8,11-12,14,16H,2,6,9-10,18H2,1H3,(H4,19,20,21)/t12?,14-,16?/m0/s1. The van der Waals surface area contributed by atoms with Gasteiger partial charge in [-0.1, -0.05) is 43.7 Å². The fourth-order valence-corrected chi connectivity index (χ4v) is 2.59. The van der Waals surface area contributed by atoms with Crippen LogP contribution in [0.4, 0.5) is 0 Å². The first-order chi connectivity index (χ1) is 11.5. The van der Waals surface area contributed by atoms with Gasteiger partial charge in [-0.25, -0.2) is 0 Å². The van der Waals surface area contributed by atoms with Crippen molar-refractivity contribution < 1.29 is 14.3 Å². The fourth-order valence-electron chi connectivity index (χ4n) is 2.59. The number of guanidine groups is 1. The Labute approximate surface area is 142 Å². The molecule has 3 atom stereocenters. The molecular weight excluding hydrogens is 308 g/mol. The largest absolute Gasteiger partial charge is 0.452 e. The predicted octanol–water partition coefficient (Wildman–Crippen LogP) is 0.877. The van der Waals surface area contributed by atoms with E-state index < -0.39 is 12.1 Å². The lowest BCUT2D eigenvalue weighted by Gasteiger charge is -2.22. The third-order valence-electron chi connectivity index (χ3n) is 3.73. The SMILES string of the molecule is CCCC(CN=C(N)N)C[C@H](N)C(=O)C(OC=O)c1ccccc1. The minimum Gasteiger partial charge on any atom is -0.452 e. The van der Waals surface area contributed by atoms with Crippen molar-refractivity contribution in [1.29, 1.82) is 0 Å². The number of rotatable bonds is 11. The van der Waals surface area contributed by atoms with Crippen LogP contribution in [0.15, 0.2) is 35.3 Å². The highest BCUT2D eigenvalue weighted by molar-refractivity contribution is 5.89. The highest BCUT2D eigenvalue weighted by Gasteiger charge is 2.29. The van der Waals surface area contributed by atoms with E-state index in [-0.39, 0.29) is 24.1 Å². The summed E-state index contributed by atoms with van der Waals surface area (Å²) in [6.45, 7) is 2.73. The molecule has 7 nitrogen and oxygen atoms in total. The van der Waals surface area contributed by atoms with Crippen LogP contribution >= 0.6 is 0 Å². The van der Waals surface area contributed by atoms with E-state index in [1.54, 1.807) is 24.3 Å². The van der Waals surface area contributed by atoms with Crippen LogP contribution in [0.2, 0.25) is 0 Å². The van der Waals surface area contributed by atoms with Crippen LogP contribution < -0.4 is 17.2 Å². The van der Waals surface area contributed by atoms with Gasteiger partial charge in [0.25, 0.3) is 6.47 Å². The van der Waals surface area contributed by atoms with Gasteiger partial charge in [-0.3, -0.25) is 14.6 Å². The van der Waals surface area contributed by atoms with Gasteiger partial charge in [-0.05, 0) is 18.8 Å². The van der Waals surface area contributed by atoms with E-state index in [9.17, 15) is 9.59 Å². The average Bonchev–Trinajstić information content (AvgIpc) is 2.57. The van der Waals surface area contributed by atoms with Crippen LogP contribution in [0.1, 0.15) is 37.9 Å². The summed E-state index contributed by atoms with van der Waals surface area (Å²) in [5.41, 5.74) is 17.4. The number of ether oxygens (including phenoxy) is 1. The van der Waals surface area contributed by atoms with Crippen molar-refractivity contribution in [3.05, 3.63) is 35.9 Å². The van der Waals surface area contributed by atoms with Crippen molar-refractivity contribution in [2.24, 2.45) is 28.1 Å². The normalized spacial score (nSPS) is 14.2. The maximum Gasteiger partial charge on any atom is 0.294 e. The minimum absolute atomic E-state index is 0.0162. The van der Waals surface area contributed by atoms with Crippen molar-refractivity contribution >= 4 is 18.2 Å². The molecule has 0 aliphatic rings. The lowest BCUT2D eigenvalue weighted by Crippen LogP contribution is -2.38. The van der Waals surface area contributed by atoms with Crippen LogP contribution in [0.3, 0.4) is 0 Å². The van der Waals surface area contributed by atoms with Crippen molar-refractivity contribution in [3.8, 4) is 0 Å². The van der Waals surface area contributed by atoms with Gasteiger partial charge < -0.3 is 21.9 Å². The van der Waals surface area contributed by atoms with Gasteiger partial charge in [-0.15, -0.1) is 0 Å². The van der Waals surface area contributed by atoms with Gasteiger partial charge in [0.2, 0.25) is 0 Å². The van der Waals surface area contributed by atoms with Crippen LogP contribution in [-0.4, -0.2) is 30.8 Å². The van der Waals surface area contributed by atoms with Gasteiger partial charge in [-0.2, -0.15) is 0 Å². The summed E-state index contributed by atoms with van der Waals surface area (Å²) in [5.74, 6) is -0.231. The molecule has 0 aliphatic heterocycles. The molecule has 6 N–H and O–H groups in total. The Morgan fingerprint density at radius 2 is 1.96 bits per heavy atom. The Hall–Kier alpha value is -2.41. The first-order valence-electron chi connectivity index (χ1n) is 7.98.